The van der Waals surface area contributed by atoms with Crippen LogP contribution in [-0.4, -0.2) is 47.8 Å². The molecule has 3 aromatic rings. The third kappa shape index (κ3) is 4.43. The minimum absolute atomic E-state index is 0.216. The fraction of sp³-hybridized carbons (Fsp3) is 0.320. The second-order valence-electron chi connectivity index (χ2n) is 8.23. The highest BCUT2D eigenvalue weighted by Gasteiger charge is 2.34. The van der Waals surface area contributed by atoms with Crippen LogP contribution in [0.4, 0.5) is 16.3 Å². The highest BCUT2D eigenvalue weighted by Crippen LogP contribution is 2.32. The molecule has 2 aromatic carbocycles. The SMILES string of the molecule is CCNC(=O)Nc1ccc(-c2nc(-c3ccccc3)cc(N3CC4CCC(C3)O4)n2)cc1. The Morgan fingerprint density at radius 1 is 1.00 bits per heavy atom. The van der Waals surface area contributed by atoms with Crippen molar-refractivity contribution in [2.45, 2.75) is 32.0 Å². The van der Waals surface area contributed by atoms with E-state index in [1.165, 1.54) is 0 Å². The second-order valence-corrected chi connectivity index (χ2v) is 8.23. The molecule has 0 radical (unpaired) electrons. The summed E-state index contributed by atoms with van der Waals surface area (Å²) in [6.07, 6.45) is 2.80. The lowest BCUT2D eigenvalue weighted by Crippen LogP contribution is -2.43. The van der Waals surface area contributed by atoms with Crippen molar-refractivity contribution in [2.24, 2.45) is 0 Å². The number of nitrogens with zero attached hydrogens (tertiary/aromatic N) is 3. The highest BCUT2D eigenvalue weighted by atomic mass is 16.5. The fourth-order valence-electron chi connectivity index (χ4n) is 4.32. The first-order chi connectivity index (χ1) is 15.7. The molecule has 164 valence electrons. The van der Waals surface area contributed by atoms with Crippen LogP contribution in [0.5, 0.6) is 0 Å². The average molecular weight is 430 g/mol. The van der Waals surface area contributed by atoms with Gasteiger partial charge >= 0.3 is 6.03 Å². The molecular weight excluding hydrogens is 402 g/mol. The monoisotopic (exact) mass is 429 g/mol. The van der Waals surface area contributed by atoms with Crippen LogP contribution in [0, 0.1) is 0 Å². The van der Waals surface area contributed by atoms with Crippen molar-refractivity contribution in [3.05, 3.63) is 60.7 Å². The van der Waals surface area contributed by atoms with Crippen molar-refractivity contribution in [1.29, 1.82) is 0 Å². The van der Waals surface area contributed by atoms with E-state index in [-0.39, 0.29) is 18.2 Å². The molecule has 3 heterocycles. The van der Waals surface area contributed by atoms with Gasteiger partial charge in [0.15, 0.2) is 5.82 Å². The molecule has 2 saturated heterocycles. The van der Waals surface area contributed by atoms with Gasteiger partial charge in [0, 0.05) is 42.5 Å². The lowest BCUT2D eigenvalue weighted by atomic mass is 10.1. The first-order valence-corrected chi connectivity index (χ1v) is 11.2. The van der Waals surface area contributed by atoms with Crippen LogP contribution >= 0.6 is 0 Å². The number of carbonyl (C=O) groups is 1. The van der Waals surface area contributed by atoms with E-state index in [0.717, 1.165) is 54.3 Å². The predicted octanol–water partition coefficient (Wildman–Crippen LogP) is 4.32. The van der Waals surface area contributed by atoms with Crippen molar-refractivity contribution in [3.8, 4) is 22.6 Å². The summed E-state index contributed by atoms with van der Waals surface area (Å²) in [6.45, 7) is 4.18. The number of ether oxygens (including phenoxy) is 1. The smallest absolute Gasteiger partial charge is 0.319 e. The average Bonchev–Trinajstić information content (AvgIpc) is 3.17. The van der Waals surface area contributed by atoms with Gasteiger partial charge in [-0.05, 0) is 44.0 Å². The number of nitrogens with one attached hydrogen (secondary N) is 2. The van der Waals surface area contributed by atoms with Crippen molar-refractivity contribution in [2.75, 3.05) is 29.9 Å². The van der Waals surface area contributed by atoms with E-state index < -0.39 is 0 Å². The lowest BCUT2D eigenvalue weighted by molar-refractivity contribution is 0.0302. The first-order valence-electron chi connectivity index (χ1n) is 11.2. The summed E-state index contributed by atoms with van der Waals surface area (Å²) >= 11 is 0. The number of fused-ring (bicyclic) bond motifs is 2. The van der Waals surface area contributed by atoms with Crippen molar-refractivity contribution in [1.82, 2.24) is 15.3 Å². The van der Waals surface area contributed by atoms with Crippen LogP contribution in [0.1, 0.15) is 19.8 Å². The van der Waals surface area contributed by atoms with Crippen molar-refractivity contribution >= 4 is 17.5 Å². The van der Waals surface area contributed by atoms with E-state index in [9.17, 15) is 4.79 Å². The van der Waals surface area contributed by atoms with Gasteiger partial charge in [0.1, 0.15) is 5.82 Å². The van der Waals surface area contributed by atoms with Gasteiger partial charge in [-0.25, -0.2) is 14.8 Å². The van der Waals surface area contributed by atoms with Crippen molar-refractivity contribution < 1.29 is 9.53 Å². The maximum Gasteiger partial charge on any atom is 0.319 e. The first kappa shape index (κ1) is 20.5. The largest absolute Gasteiger partial charge is 0.371 e. The molecule has 2 N–H and O–H groups in total. The maximum absolute atomic E-state index is 11.8. The number of amides is 2. The predicted molar refractivity (Wildman–Crippen MR) is 126 cm³/mol. The van der Waals surface area contributed by atoms with E-state index in [2.05, 4.69) is 33.7 Å². The van der Waals surface area contributed by atoms with E-state index in [1.807, 2.05) is 49.4 Å². The minimum atomic E-state index is -0.216. The zero-order chi connectivity index (χ0) is 21.9. The Kier molecular flexibility index (Phi) is 5.73. The number of hydrogen-bond acceptors (Lipinski definition) is 5. The molecule has 2 unspecified atom stereocenters. The Balaban J connectivity index is 1.48. The molecule has 2 aliphatic rings. The molecule has 2 amide bonds. The van der Waals surface area contributed by atoms with Crippen LogP contribution < -0.4 is 15.5 Å². The molecule has 2 aliphatic heterocycles. The maximum atomic E-state index is 11.8. The number of hydrogen-bond donors (Lipinski definition) is 2. The number of anilines is 2. The third-order valence-electron chi connectivity index (χ3n) is 5.89. The molecule has 5 rings (SSSR count). The summed E-state index contributed by atoms with van der Waals surface area (Å²) in [6, 6.07) is 19.7. The van der Waals surface area contributed by atoms with Gasteiger partial charge in [-0.3, -0.25) is 0 Å². The highest BCUT2D eigenvalue weighted by molar-refractivity contribution is 5.89. The molecule has 2 atom stereocenters. The standard InChI is InChI=1S/C25H27N5O2/c1-2-26-25(31)27-19-10-8-18(9-11-19)24-28-22(17-6-4-3-5-7-17)14-23(29-24)30-15-20-12-13-21(16-30)32-20/h3-11,14,20-21H,2,12-13,15-16H2,1H3,(H2,26,27,31). The molecular formula is C25H27N5O2. The van der Waals surface area contributed by atoms with Gasteiger partial charge in [-0.15, -0.1) is 0 Å². The fourth-order valence-corrected chi connectivity index (χ4v) is 4.32. The Morgan fingerprint density at radius 3 is 2.41 bits per heavy atom. The van der Waals surface area contributed by atoms with E-state index in [4.69, 9.17) is 14.7 Å². The number of rotatable bonds is 5. The van der Waals surface area contributed by atoms with Crippen LogP contribution in [0.15, 0.2) is 60.7 Å². The van der Waals surface area contributed by atoms with Crippen LogP contribution in [0.2, 0.25) is 0 Å². The van der Waals surface area contributed by atoms with E-state index in [0.29, 0.717) is 12.4 Å². The van der Waals surface area contributed by atoms with Crippen molar-refractivity contribution in [3.63, 3.8) is 0 Å². The number of aromatic nitrogens is 2. The summed E-state index contributed by atoms with van der Waals surface area (Å²) in [5.41, 5.74) is 3.59. The van der Waals surface area contributed by atoms with Gasteiger partial charge in [0.25, 0.3) is 0 Å². The summed E-state index contributed by atoms with van der Waals surface area (Å²) in [4.78, 5) is 23.9. The lowest BCUT2D eigenvalue weighted by Gasteiger charge is -2.33. The Morgan fingerprint density at radius 2 is 1.72 bits per heavy atom. The normalized spacial score (nSPS) is 19.6. The molecule has 32 heavy (non-hydrogen) atoms. The van der Waals surface area contributed by atoms with Gasteiger partial charge in [0.2, 0.25) is 0 Å². The Hall–Kier alpha value is -3.45. The van der Waals surface area contributed by atoms with E-state index in [1.54, 1.807) is 0 Å². The van der Waals surface area contributed by atoms with Gasteiger partial charge in [-0.1, -0.05) is 30.3 Å². The number of benzene rings is 2. The number of urea groups is 1. The summed E-state index contributed by atoms with van der Waals surface area (Å²) < 4.78 is 6.02. The second kappa shape index (κ2) is 8.96. The summed E-state index contributed by atoms with van der Waals surface area (Å²) in [7, 11) is 0. The van der Waals surface area contributed by atoms with E-state index >= 15 is 0 Å². The summed E-state index contributed by atoms with van der Waals surface area (Å²) in [5, 5.41) is 5.56. The van der Waals surface area contributed by atoms with Crippen LogP contribution in [-0.2, 0) is 4.74 Å². The topological polar surface area (TPSA) is 79.4 Å². The third-order valence-corrected chi connectivity index (χ3v) is 5.89. The molecule has 2 fully saturated rings. The molecule has 2 bridgehead atoms. The minimum Gasteiger partial charge on any atom is -0.371 e. The molecule has 7 nitrogen and oxygen atoms in total. The van der Waals surface area contributed by atoms with Crippen LogP contribution in [0.25, 0.3) is 22.6 Å². The summed E-state index contributed by atoms with van der Waals surface area (Å²) in [5.74, 6) is 1.60. The molecule has 0 spiro atoms. The molecule has 7 heteroatoms. The molecule has 0 saturated carbocycles. The zero-order valence-corrected chi connectivity index (χ0v) is 18.1. The van der Waals surface area contributed by atoms with Crippen LogP contribution in [0.3, 0.4) is 0 Å². The van der Waals surface area contributed by atoms with Gasteiger partial charge in [-0.2, -0.15) is 0 Å². The quantitative estimate of drug-likeness (QED) is 0.632. The number of carbonyl (C=O) groups excluding carboxylic acids is 1. The molecule has 1 aromatic heterocycles. The Labute approximate surface area is 187 Å². The van der Waals surface area contributed by atoms with Gasteiger partial charge < -0.3 is 20.3 Å². The Bertz CT molecular complexity index is 1080. The van der Waals surface area contributed by atoms with Gasteiger partial charge in [0.05, 0.1) is 17.9 Å². The zero-order valence-electron chi connectivity index (χ0n) is 18.1. The number of morpholine rings is 1. The molecule has 0 aliphatic carbocycles.